The number of nitrogens with one attached hydrogen (secondary N) is 1. The molecule has 26 heavy (non-hydrogen) atoms. The van der Waals surface area contributed by atoms with E-state index in [1.165, 1.54) is 4.90 Å². The lowest BCUT2D eigenvalue weighted by molar-refractivity contribution is -0.142. The van der Waals surface area contributed by atoms with Crippen LogP contribution in [0.3, 0.4) is 0 Å². The van der Waals surface area contributed by atoms with Crippen molar-refractivity contribution in [2.45, 2.75) is 6.42 Å². The van der Waals surface area contributed by atoms with E-state index in [2.05, 4.69) is 17.5 Å². The Morgan fingerprint density at radius 1 is 1.15 bits per heavy atom. The average molecular weight is 352 g/mol. The van der Waals surface area contributed by atoms with Crippen molar-refractivity contribution in [1.29, 1.82) is 0 Å². The molecule has 0 radical (unpaired) electrons. The molecule has 134 valence electrons. The first kappa shape index (κ1) is 15.6. The SMILES string of the molecule is COc1cccc(NC(=O)CN2C(=O)[C@@H]3[C@H]4C=C[C@@H]([C@@H]5C[C@@H]45)[C@@H]3C2=O)c1. The van der Waals surface area contributed by atoms with Gasteiger partial charge in [-0.1, -0.05) is 18.2 Å². The van der Waals surface area contributed by atoms with Gasteiger partial charge in [0, 0.05) is 11.8 Å². The van der Waals surface area contributed by atoms with Crippen LogP contribution in [0.1, 0.15) is 6.42 Å². The zero-order valence-corrected chi connectivity index (χ0v) is 14.4. The van der Waals surface area contributed by atoms with E-state index in [4.69, 9.17) is 4.74 Å². The molecule has 1 aromatic carbocycles. The molecule has 3 amide bonds. The average Bonchev–Trinajstić information content (AvgIpc) is 3.43. The molecular formula is C20H20N2O4. The van der Waals surface area contributed by atoms with Gasteiger partial charge in [-0.15, -0.1) is 0 Å². The summed E-state index contributed by atoms with van der Waals surface area (Å²) >= 11 is 0. The predicted octanol–water partition coefficient (Wildman–Crippen LogP) is 1.69. The molecule has 4 aliphatic carbocycles. The number of hydrogen-bond acceptors (Lipinski definition) is 4. The second-order valence-electron chi connectivity index (χ2n) is 7.70. The first-order valence-electron chi connectivity index (χ1n) is 9.06. The maximum Gasteiger partial charge on any atom is 0.244 e. The van der Waals surface area contributed by atoms with E-state index in [1.807, 2.05) is 0 Å². The topological polar surface area (TPSA) is 75.7 Å². The molecule has 5 aliphatic rings. The van der Waals surface area contributed by atoms with Gasteiger partial charge in [-0.05, 0) is 42.2 Å². The van der Waals surface area contributed by atoms with E-state index in [9.17, 15) is 14.4 Å². The Morgan fingerprint density at radius 3 is 2.42 bits per heavy atom. The minimum Gasteiger partial charge on any atom is -0.497 e. The molecule has 3 fully saturated rings. The summed E-state index contributed by atoms with van der Waals surface area (Å²) in [5.41, 5.74) is 0.578. The molecule has 6 nitrogen and oxygen atoms in total. The molecule has 0 unspecified atom stereocenters. The molecule has 1 saturated heterocycles. The highest BCUT2D eigenvalue weighted by molar-refractivity contribution is 6.09. The maximum atomic E-state index is 12.9. The number of rotatable bonds is 4. The molecular weight excluding hydrogens is 332 g/mol. The molecule has 6 rings (SSSR count). The second kappa shape index (κ2) is 5.43. The summed E-state index contributed by atoms with van der Waals surface area (Å²) in [7, 11) is 1.55. The number of carbonyl (C=O) groups is 3. The van der Waals surface area contributed by atoms with Gasteiger partial charge in [0.05, 0.1) is 18.9 Å². The van der Waals surface area contributed by atoms with Crippen LogP contribution in [0.5, 0.6) is 5.75 Å². The quantitative estimate of drug-likeness (QED) is 0.661. The summed E-state index contributed by atoms with van der Waals surface area (Å²) in [6, 6.07) is 6.99. The van der Waals surface area contributed by atoms with Gasteiger partial charge in [-0.3, -0.25) is 19.3 Å². The molecule has 1 N–H and O–H groups in total. The number of carbonyl (C=O) groups excluding carboxylic acids is 3. The van der Waals surface area contributed by atoms with Crippen LogP contribution >= 0.6 is 0 Å². The lowest BCUT2D eigenvalue weighted by Crippen LogP contribution is -2.40. The molecule has 2 saturated carbocycles. The van der Waals surface area contributed by atoms with E-state index in [0.717, 1.165) is 6.42 Å². The molecule has 1 aliphatic heterocycles. The third-order valence-corrected chi connectivity index (χ3v) is 6.41. The van der Waals surface area contributed by atoms with Crippen molar-refractivity contribution in [3.05, 3.63) is 36.4 Å². The van der Waals surface area contributed by atoms with Crippen molar-refractivity contribution in [3.63, 3.8) is 0 Å². The normalized spacial score (nSPS) is 36.0. The maximum absolute atomic E-state index is 12.9. The number of anilines is 1. The molecule has 6 atom stereocenters. The van der Waals surface area contributed by atoms with Gasteiger partial charge in [-0.2, -0.15) is 0 Å². The number of methoxy groups -OCH3 is 1. The van der Waals surface area contributed by atoms with Crippen LogP contribution in [0.2, 0.25) is 0 Å². The van der Waals surface area contributed by atoms with Gasteiger partial charge in [0.1, 0.15) is 12.3 Å². The first-order valence-corrected chi connectivity index (χ1v) is 9.06. The fourth-order valence-electron chi connectivity index (χ4n) is 5.22. The number of imide groups is 1. The van der Waals surface area contributed by atoms with Crippen molar-refractivity contribution >= 4 is 23.4 Å². The second-order valence-corrected chi connectivity index (χ2v) is 7.70. The van der Waals surface area contributed by atoms with Crippen LogP contribution in [-0.2, 0) is 14.4 Å². The molecule has 0 aromatic heterocycles. The van der Waals surface area contributed by atoms with Gasteiger partial charge in [0.15, 0.2) is 0 Å². The number of amides is 3. The number of ether oxygens (including phenoxy) is 1. The van der Waals surface area contributed by atoms with E-state index in [1.54, 1.807) is 31.4 Å². The predicted molar refractivity (Wildman–Crippen MR) is 93.0 cm³/mol. The molecule has 1 heterocycles. The van der Waals surface area contributed by atoms with E-state index >= 15 is 0 Å². The number of nitrogens with zero attached hydrogens (tertiary/aromatic N) is 1. The summed E-state index contributed by atoms with van der Waals surface area (Å²) in [6.45, 7) is -0.226. The Kier molecular flexibility index (Phi) is 3.26. The highest BCUT2D eigenvalue weighted by Gasteiger charge is 2.67. The number of hydrogen-bond donors (Lipinski definition) is 1. The zero-order valence-electron chi connectivity index (χ0n) is 14.4. The Bertz CT molecular complexity index is 812. The molecule has 6 heteroatoms. The zero-order chi connectivity index (χ0) is 18.0. The fourth-order valence-corrected chi connectivity index (χ4v) is 5.22. The molecule has 2 bridgehead atoms. The van der Waals surface area contributed by atoms with Gasteiger partial charge < -0.3 is 10.1 Å². The summed E-state index contributed by atoms with van der Waals surface area (Å²) in [5, 5.41) is 2.74. The van der Waals surface area contributed by atoms with Gasteiger partial charge in [0.2, 0.25) is 17.7 Å². The Labute approximate surface area is 151 Å². The summed E-state index contributed by atoms with van der Waals surface area (Å²) in [5.74, 6) is 0.874. The van der Waals surface area contributed by atoms with Crippen molar-refractivity contribution in [1.82, 2.24) is 4.90 Å². The number of allylic oxidation sites excluding steroid dienone is 2. The lowest BCUT2D eigenvalue weighted by atomic mass is 9.63. The van der Waals surface area contributed by atoms with E-state index in [-0.39, 0.29) is 47.9 Å². The minimum atomic E-state index is -0.371. The Hall–Kier alpha value is -2.63. The summed E-state index contributed by atoms with van der Waals surface area (Å²) in [6.07, 6.45) is 5.39. The lowest BCUT2D eigenvalue weighted by Gasteiger charge is -2.37. The van der Waals surface area contributed by atoms with E-state index < -0.39 is 0 Å². The smallest absolute Gasteiger partial charge is 0.244 e. The van der Waals surface area contributed by atoms with Crippen LogP contribution in [0.25, 0.3) is 0 Å². The largest absolute Gasteiger partial charge is 0.497 e. The molecule has 0 spiro atoms. The third-order valence-electron chi connectivity index (χ3n) is 6.41. The monoisotopic (exact) mass is 352 g/mol. The number of likely N-dealkylation sites (tertiary alicyclic amines) is 1. The van der Waals surface area contributed by atoms with Crippen LogP contribution in [-0.4, -0.2) is 36.3 Å². The summed E-state index contributed by atoms with van der Waals surface area (Å²) < 4.78 is 5.14. The minimum absolute atomic E-state index is 0.175. The van der Waals surface area contributed by atoms with Crippen molar-refractivity contribution in [2.24, 2.45) is 35.5 Å². The number of benzene rings is 1. The van der Waals surface area contributed by atoms with Gasteiger partial charge >= 0.3 is 0 Å². The van der Waals surface area contributed by atoms with Crippen LogP contribution in [0.15, 0.2) is 36.4 Å². The summed E-state index contributed by atoms with van der Waals surface area (Å²) in [4.78, 5) is 39.3. The van der Waals surface area contributed by atoms with Gasteiger partial charge in [-0.25, -0.2) is 0 Å². The van der Waals surface area contributed by atoms with Gasteiger partial charge in [0.25, 0.3) is 0 Å². The highest BCUT2D eigenvalue weighted by atomic mass is 16.5. The van der Waals surface area contributed by atoms with Crippen LogP contribution in [0, 0.1) is 35.5 Å². The van der Waals surface area contributed by atoms with E-state index in [0.29, 0.717) is 23.3 Å². The fraction of sp³-hybridized carbons (Fsp3) is 0.450. The van der Waals surface area contributed by atoms with Crippen molar-refractivity contribution in [3.8, 4) is 5.75 Å². The standard InChI is InChI=1S/C20H20N2O4/c1-26-11-4-2-3-10(7-11)21-16(23)9-22-19(24)17-12-5-6-13(15-8-14(12)15)18(17)20(22)25/h2-7,12-15,17-18H,8-9H2,1H3,(H,21,23)/t12-,13-,14-,15-,17-,18+/m0/s1. The third kappa shape index (κ3) is 2.14. The van der Waals surface area contributed by atoms with Crippen LogP contribution < -0.4 is 10.1 Å². The Morgan fingerprint density at radius 2 is 1.81 bits per heavy atom. The first-order chi connectivity index (χ1) is 12.6. The van der Waals surface area contributed by atoms with Crippen molar-refractivity contribution < 1.29 is 19.1 Å². The van der Waals surface area contributed by atoms with Crippen molar-refractivity contribution in [2.75, 3.05) is 19.0 Å². The van der Waals surface area contributed by atoms with Crippen LogP contribution in [0.4, 0.5) is 5.69 Å². The molecule has 1 aromatic rings. The highest BCUT2D eigenvalue weighted by Crippen LogP contribution is 2.65. The Balaban J connectivity index is 1.31.